The van der Waals surface area contributed by atoms with Crippen molar-refractivity contribution in [2.45, 2.75) is 45.1 Å². The molecule has 1 saturated carbocycles. The highest BCUT2D eigenvalue weighted by molar-refractivity contribution is 6.06. The minimum absolute atomic E-state index is 0.0908. The van der Waals surface area contributed by atoms with E-state index in [-0.39, 0.29) is 11.4 Å². The maximum absolute atomic E-state index is 13.0. The van der Waals surface area contributed by atoms with E-state index in [4.69, 9.17) is 9.26 Å². The van der Waals surface area contributed by atoms with Gasteiger partial charge in [-0.25, -0.2) is 4.98 Å². The second-order valence-electron chi connectivity index (χ2n) is 7.91. The first-order valence-corrected chi connectivity index (χ1v) is 9.33. The van der Waals surface area contributed by atoms with Crippen LogP contribution in [0.2, 0.25) is 0 Å². The van der Waals surface area contributed by atoms with Crippen LogP contribution in [0.15, 0.2) is 10.6 Å². The molecule has 1 saturated heterocycles. The van der Waals surface area contributed by atoms with Gasteiger partial charge in [0.2, 0.25) is 0 Å². The maximum Gasteiger partial charge on any atom is 0.259 e. The normalized spacial score (nSPS) is 19.0. The molecule has 2 aromatic rings. The predicted molar refractivity (Wildman–Crippen MR) is 97.3 cm³/mol. The molecule has 2 aromatic heterocycles. The van der Waals surface area contributed by atoms with Crippen LogP contribution in [0.3, 0.4) is 0 Å². The van der Waals surface area contributed by atoms with Gasteiger partial charge in [0.15, 0.2) is 0 Å². The smallest absolute Gasteiger partial charge is 0.259 e. The van der Waals surface area contributed by atoms with Gasteiger partial charge in [-0.1, -0.05) is 5.16 Å². The summed E-state index contributed by atoms with van der Waals surface area (Å²) in [6.07, 6.45) is 2.24. The molecule has 0 unspecified atom stereocenters. The number of pyridine rings is 1. The van der Waals surface area contributed by atoms with E-state index in [0.717, 1.165) is 50.2 Å². The van der Waals surface area contributed by atoms with E-state index in [1.54, 1.807) is 0 Å². The standard InChI is InChI=1S/C19H26N4O3/c1-12-16-14(10-15(13-4-5-13)21-18(16)26-22-12)17(24)20-11-19(2,3)23-6-8-25-9-7-23/h10,13H,4-9,11H2,1-3H3,(H,20,24). The maximum atomic E-state index is 13.0. The van der Waals surface area contributed by atoms with Crippen LogP contribution in [-0.4, -0.2) is 59.3 Å². The molecule has 0 aromatic carbocycles. The second-order valence-corrected chi connectivity index (χ2v) is 7.91. The van der Waals surface area contributed by atoms with Gasteiger partial charge in [-0.15, -0.1) is 0 Å². The summed E-state index contributed by atoms with van der Waals surface area (Å²) >= 11 is 0. The number of morpholine rings is 1. The molecule has 1 aliphatic carbocycles. The van der Waals surface area contributed by atoms with Crippen molar-refractivity contribution < 1.29 is 14.1 Å². The van der Waals surface area contributed by atoms with E-state index >= 15 is 0 Å². The van der Waals surface area contributed by atoms with Crippen LogP contribution in [0.1, 0.15) is 54.4 Å². The summed E-state index contributed by atoms with van der Waals surface area (Å²) in [5, 5.41) is 7.83. The van der Waals surface area contributed by atoms with Gasteiger partial charge in [0.05, 0.1) is 29.9 Å². The topological polar surface area (TPSA) is 80.5 Å². The van der Waals surface area contributed by atoms with E-state index in [9.17, 15) is 4.79 Å². The molecule has 4 rings (SSSR count). The van der Waals surface area contributed by atoms with Crippen LogP contribution in [0.5, 0.6) is 0 Å². The van der Waals surface area contributed by atoms with Crippen molar-refractivity contribution >= 4 is 17.0 Å². The Morgan fingerprint density at radius 2 is 2.08 bits per heavy atom. The molecule has 0 atom stereocenters. The first kappa shape index (κ1) is 17.4. The number of ether oxygens (including phenoxy) is 1. The van der Waals surface area contributed by atoms with Gasteiger partial charge in [0.1, 0.15) is 0 Å². The van der Waals surface area contributed by atoms with Gasteiger partial charge in [-0.2, -0.15) is 0 Å². The molecular weight excluding hydrogens is 332 g/mol. The van der Waals surface area contributed by atoms with Crippen molar-refractivity contribution in [2.75, 3.05) is 32.8 Å². The number of nitrogens with zero attached hydrogens (tertiary/aromatic N) is 3. The molecule has 7 nitrogen and oxygen atoms in total. The Kier molecular flexibility index (Phi) is 4.44. The number of amides is 1. The first-order valence-electron chi connectivity index (χ1n) is 9.33. The van der Waals surface area contributed by atoms with Crippen LogP contribution >= 0.6 is 0 Å². The average molecular weight is 358 g/mol. The third-order valence-electron chi connectivity index (χ3n) is 5.43. The lowest BCUT2D eigenvalue weighted by molar-refractivity contribution is -0.00922. The predicted octanol–water partition coefficient (Wildman–Crippen LogP) is 2.25. The van der Waals surface area contributed by atoms with E-state index < -0.39 is 0 Å². The number of aryl methyl sites for hydroxylation is 1. The quantitative estimate of drug-likeness (QED) is 0.883. The Morgan fingerprint density at radius 1 is 1.35 bits per heavy atom. The third kappa shape index (κ3) is 3.33. The molecule has 0 spiro atoms. The lowest BCUT2D eigenvalue weighted by Crippen LogP contribution is -2.55. The lowest BCUT2D eigenvalue weighted by Gasteiger charge is -2.40. The van der Waals surface area contributed by atoms with Crippen LogP contribution in [0, 0.1) is 6.92 Å². The van der Waals surface area contributed by atoms with E-state index in [1.807, 2.05) is 13.0 Å². The number of carbonyl (C=O) groups excluding carboxylic acids is 1. The monoisotopic (exact) mass is 358 g/mol. The summed E-state index contributed by atoms with van der Waals surface area (Å²) in [7, 11) is 0. The fraction of sp³-hybridized carbons (Fsp3) is 0.632. The van der Waals surface area contributed by atoms with Crippen LogP contribution in [-0.2, 0) is 4.74 Å². The van der Waals surface area contributed by atoms with Crippen molar-refractivity contribution in [3.05, 3.63) is 23.0 Å². The highest BCUT2D eigenvalue weighted by atomic mass is 16.5. The Hall–Kier alpha value is -1.99. The molecule has 1 aliphatic heterocycles. The number of aromatic nitrogens is 2. The molecular formula is C19H26N4O3. The minimum atomic E-state index is -0.130. The third-order valence-corrected chi connectivity index (χ3v) is 5.43. The highest BCUT2D eigenvalue weighted by Gasteiger charge is 2.31. The Labute approximate surface area is 153 Å². The SMILES string of the molecule is Cc1noc2nc(C3CC3)cc(C(=O)NCC(C)(C)N3CCOCC3)c12. The van der Waals surface area contributed by atoms with Crippen LogP contribution in [0.4, 0.5) is 0 Å². The summed E-state index contributed by atoms with van der Waals surface area (Å²) < 4.78 is 10.8. The number of carbonyl (C=O) groups is 1. The fourth-order valence-electron chi connectivity index (χ4n) is 3.55. The second kappa shape index (κ2) is 6.63. The fourth-order valence-corrected chi connectivity index (χ4v) is 3.55. The minimum Gasteiger partial charge on any atom is -0.379 e. The van der Waals surface area contributed by atoms with Crippen molar-refractivity contribution in [3.63, 3.8) is 0 Å². The molecule has 3 heterocycles. The number of hydrogen-bond donors (Lipinski definition) is 1. The summed E-state index contributed by atoms with van der Waals surface area (Å²) in [6, 6.07) is 1.92. The van der Waals surface area contributed by atoms with Crippen molar-refractivity contribution in [2.24, 2.45) is 0 Å². The number of hydrogen-bond acceptors (Lipinski definition) is 6. The summed E-state index contributed by atoms with van der Waals surface area (Å²) in [5.41, 5.74) is 2.59. The average Bonchev–Trinajstić information content (AvgIpc) is 3.43. The number of rotatable bonds is 5. The van der Waals surface area contributed by atoms with Crippen LogP contribution < -0.4 is 5.32 Å². The zero-order valence-electron chi connectivity index (χ0n) is 15.7. The van der Waals surface area contributed by atoms with Gasteiger partial charge in [-0.3, -0.25) is 9.69 Å². The van der Waals surface area contributed by atoms with Gasteiger partial charge in [0, 0.05) is 36.8 Å². The van der Waals surface area contributed by atoms with Crippen molar-refractivity contribution in [1.29, 1.82) is 0 Å². The summed E-state index contributed by atoms with van der Waals surface area (Å²) in [5.74, 6) is 0.355. The molecule has 1 N–H and O–H groups in total. The molecule has 26 heavy (non-hydrogen) atoms. The van der Waals surface area contributed by atoms with E-state index in [2.05, 4.69) is 34.2 Å². The number of fused-ring (bicyclic) bond motifs is 1. The summed E-state index contributed by atoms with van der Waals surface area (Å²) in [6.45, 7) is 9.98. The largest absolute Gasteiger partial charge is 0.379 e. The lowest BCUT2D eigenvalue weighted by atomic mass is 10.0. The molecule has 2 aliphatic rings. The summed E-state index contributed by atoms with van der Waals surface area (Å²) in [4.78, 5) is 19.9. The van der Waals surface area contributed by atoms with Gasteiger partial charge in [-0.05, 0) is 39.7 Å². The van der Waals surface area contributed by atoms with E-state index in [1.165, 1.54) is 0 Å². The van der Waals surface area contributed by atoms with Crippen molar-refractivity contribution in [3.8, 4) is 0 Å². The van der Waals surface area contributed by atoms with Crippen LogP contribution in [0.25, 0.3) is 11.1 Å². The van der Waals surface area contributed by atoms with Crippen molar-refractivity contribution in [1.82, 2.24) is 20.4 Å². The van der Waals surface area contributed by atoms with Gasteiger partial charge >= 0.3 is 0 Å². The molecule has 2 fully saturated rings. The van der Waals surface area contributed by atoms with E-state index in [0.29, 0.717) is 29.4 Å². The molecule has 7 heteroatoms. The zero-order valence-corrected chi connectivity index (χ0v) is 15.7. The zero-order chi connectivity index (χ0) is 18.3. The highest BCUT2D eigenvalue weighted by Crippen LogP contribution is 2.40. The molecule has 1 amide bonds. The Bertz CT molecular complexity index is 820. The Balaban J connectivity index is 1.55. The molecule has 0 bridgehead atoms. The Morgan fingerprint density at radius 3 is 2.77 bits per heavy atom. The number of nitrogens with one attached hydrogen (secondary N) is 1. The van der Waals surface area contributed by atoms with Gasteiger partial charge in [0.25, 0.3) is 11.6 Å². The molecule has 0 radical (unpaired) electrons. The van der Waals surface area contributed by atoms with Gasteiger partial charge < -0.3 is 14.6 Å². The first-order chi connectivity index (χ1) is 12.5. The molecule has 140 valence electrons.